The Morgan fingerprint density at radius 3 is 2.47 bits per heavy atom. The zero-order valence-corrected chi connectivity index (χ0v) is 22.9. The lowest BCUT2D eigenvalue weighted by atomic mass is 10.1. The average molecular weight is 569 g/mol. The third kappa shape index (κ3) is 6.67. The highest BCUT2D eigenvalue weighted by molar-refractivity contribution is 7.99. The number of nitrogens with one attached hydrogen (secondary N) is 1. The molecule has 0 aliphatic carbocycles. The van der Waals surface area contributed by atoms with Crippen LogP contribution in [0.15, 0.2) is 23.4 Å². The van der Waals surface area contributed by atoms with Gasteiger partial charge < -0.3 is 24.1 Å². The molecule has 0 spiro atoms. The first kappa shape index (κ1) is 29.0. The smallest absolute Gasteiger partial charge is 0.348 e. The number of anilines is 1. The minimum Gasteiger partial charge on any atom is -0.480 e. The van der Waals surface area contributed by atoms with Gasteiger partial charge in [-0.1, -0.05) is 11.8 Å². The number of benzene rings is 1. The molecule has 0 bridgehead atoms. The summed E-state index contributed by atoms with van der Waals surface area (Å²) in [6.07, 6.45) is -0.724. The number of amides is 1. The molecule has 10 nitrogen and oxygen atoms in total. The fraction of sp³-hybridized carbons (Fsp3) is 0.375. The van der Waals surface area contributed by atoms with E-state index >= 15 is 0 Å². The Kier molecular flexibility index (Phi) is 9.80. The van der Waals surface area contributed by atoms with E-state index in [1.807, 2.05) is 0 Å². The molecule has 3 aromatic rings. The van der Waals surface area contributed by atoms with E-state index in [0.717, 1.165) is 35.2 Å². The van der Waals surface area contributed by atoms with Crippen LogP contribution in [-0.2, 0) is 21.3 Å². The summed E-state index contributed by atoms with van der Waals surface area (Å²) in [6.45, 7) is 6.81. The van der Waals surface area contributed by atoms with Crippen molar-refractivity contribution < 1.29 is 37.4 Å². The largest absolute Gasteiger partial charge is 0.480 e. The summed E-state index contributed by atoms with van der Waals surface area (Å²) in [6, 6.07) is 2.98. The van der Waals surface area contributed by atoms with E-state index in [4.69, 9.17) is 14.2 Å². The lowest BCUT2D eigenvalue weighted by Crippen LogP contribution is -2.17. The predicted octanol–water partition coefficient (Wildman–Crippen LogP) is 4.69. The van der Waals surface area contributed by atoms with Crippen LogP contribution in [0.25, 0.3) is 0 Å². The molecular formula is C24H26F2N4O6S2. The molecule has 1 atom stereocenters. The third-order valence-electron chi connectivity index (χ3n) is 5.10. The van der Waals surface area contributed by atoms with E-state index in [1.54, 1.807) is 39.3 Å². The van der Waals surface area contributed by atoms with Crippen LogP contribution in [0.1, 0.15) is 58.3 Å². The van der Waals surface area contributed by atoms with Crippen LogP contribution in [0, 0.1) is 18.6 Å². The van der Waals surface area contributed by atoms with Crippen molar-refractivity contribution in [2.75, 3.05) is 24.3 Å². The summed E-state index contributed by atoms with van der Waals surface area (Å²) in [4.78, 5) is 37.8. The fourth-order valence-corrected chi connectivity index (χ4v) is 5.18. The molecule has 0 fully saturated rings. The molecule has 1 amide bonds. The van der Waals surface area contributed by atoms with Crippen LogP contribution in [-0.4, -0.2) is 51.6 Å². The molecule has 0 saturated heterocycles. The first-order chi connectivity index (χ1) is 18.1. The number of hydrogen-bond donors (Lipinski definition) is 1. The van der Waals surface area contributed by atoms with Gasteiger partial charge in [-0.2, -0.15) is 0 Å². The third-order valence-corrected chi connectivity index (χ3v) is 7.31. The molecule has 2 aromatic heterocycles. The SMILES string of the molecule is CCOC(=O)c1sc(NC(=O)CSc2nnc(C(C)Oc3ccc(F)cc3F)n2C)c(C(=O)OCC)c1C. The van der Waals surface area contributed by atoms with E-state index in [0.29, 0.717) is 16.5 Å². The van der Waals surface area contributed by atoms with Crippen LogP contribution < -0.4 is 10.1 Å². The summed E-state index contributed by atoms with van der Waals surface area (Å²) >= 11 is 2.00. The van der Waals surface area contributed by atoms with E-state index in [1.165, 1.54) is 6.07 Å². The Bertz CT molecular complexity index is 1340. The van der Waals surface area contributed by atoms with E-state index < -0.39 is 35.6 Å². The Hall–Kier alpha value is -3.52. The van der Waals surface area contributed by atoms with Crippen molar-refractivity contribution in [2.24, 2.45) is 7.05 Å². The summed E-state index contributed by atoms with van der Waals surface area (Å²) in [5, 5.41) is 11.3. The van der Waals surface area contributed by atoms with Crippen molar-refractivity contribution in [3.8, 4) is 5.75 Å². The zero-order chi connectivity index (χ0) is 28.0. The minimum absolute atomic E-state index is 0.0955. The molecule has 1 unspecified atom stereocenters. The number of carbonyl (C=O) groups excluding carboxylic acids is 3. The Balaban J connectivity index is 1.70. The Morgan fingerprint density at radius 2 is 1.82 bits per heavy atom. The summed E-state index contributed by atoms with van der Waals surface area (Å²) in [7, 11) is 1.66. The standard InChI is InChI=1S/C24H26F2N4O6S2/c1-6-34-22(32)18-12(3)19(23(33)35-7-2)38-21(18)27-17(31)11-37-24-29-28-20(30(24)5)13(4)36-16-9-8-14(25)10-15(16)26/h8-10,13H,6-7,11H2,1-5H3,(H,27,31). The number of thiophene rings is 1. The molecule has 0 aliphatic rings. The van der Waals surface area contributed by atoms with Crippen molar-refractivity contribution in [1.29, 1.82) is 0 Å². The number of nitrogens with zero attached hydrogens (tertiary/aromatic N) is 3. The van der Waals surface area contributed by atoms with Crippen LogP contribution >= 0.6 is 23.1 Å². The molecule has 0 aliphatic heterocycles. The predicted molar refractivity (Wildman–Crippen MR) is 137 cm³/mol. The van der Waals surface area contributed by atoms with Crippen molar-refractivity contribution in [3.63, 3.8) is 0 Å². The van der Waals surface area contributed by atoms with E-state index in [2.05, 4.69) is 15.5 Å². The normalized spacial score (nSPS) is 11.7. The minimum atomic E-state index is -0.845. The lowest BCUT2D eigenvalue weighted by Gasteiger charge is -2.14. The van der Waals surface area contributed by atoms with Crippen LogP contribution in [0.4, 0.5) is 13.8 Å². The van der Waals surface area contributed by atoms with Gasteiger partial charge in [0.05, 0.1) is 24.5 Å². The average Bonchev–Trinajstić information content (AvgIpc) is 3.39. The van der Waals surface area contributed by atoms with E-state index in [9.17, 15) is 23.2 Å². The molecule has 2 heterocycles. The van der Waals surface area contributed by atoms with Crippen molar-refractivity contribution in [1.82, 2.24) is 14.8 Å². The second-order valence-electron chi connectivity index (χ2n) is 7.77. The number of ether oxygens (including phenoxy) is 3. The maximum atomic E-state index is 13.9. The Morgan fingerprint density at radius 1 is 1.13 bits per heavy atom. The molecule has 0 saturated carbocycles. The van der Waals surface area contributed by atoms with Crippen molar-refractivity contribution >= 4 is 45.9 Å². The van der Waals surface area contributed by atoms with E-state index in [-0.39, 0.29) is 40.2 Å². The maximum absolute atomic E-state index is 13.9. The highest BCUT2D eigenvalue weighted by Crippen LogP contribution is 2.35. The quantitative estimate of drug-likeness (QED) is 0.259. The number of esters is 2. The van der Waals surface area contributed by atoms with Gasteiger partial charge in [-0.15, -0.1) is 21.5 Å². The second kappa shape index (κ2) is 12.8. The highest BCUT2D eigenvalue weighted by atomic mass is 32.2. The molecule has 3 rings (SSSR count). The molecular weight excluding hydrogens is 542 g/mol. The van der Waals surface area contributed by atoms with Gasteiger partial charge in [0.15, 0.2) is 28.7 Å². The molecule has 1 N–H and O–H groups in total. The van der Waals surface area contributed by atoms with Gasteiger partial charge in [0.1, 0.15) is 15.7 Å². The zero-order valence-electron chi connectivity index (χ0n) is 21.3. The number of carbonyl (C=O) groups is 3. The summed E-state index contributed by atoms with van der Waals surface area (Å²) in [5.41, 5.74) is 0.456. The number of halogens is 2. The number of aromatic nitrogens is 3. The lowest BCUT2D eigenvalue weighted by molar-refractivity contribution is -0.113. The summed E-state index contributed by atoms with van der Waals surface area (Å²) in [5.74, 6) is -3.16. The van der Waals surface area contributed by atoms with Crippen LogP contribution in [0.3, 0.4) is 0 Å². The van der Waals surface area contributed by atoms with Gasteiger partial charge in [-0.3, -0.25) is 4.79 Å². The van der Waals surface area contributed by atoms with Crippen molar-refractivity contribution in [2.45, 2.75) is 39.0 Å². The monoisotopic (exact) mass is 568 g/mol. The van der Waals surface area contributed by atoms with Gasteiger partial charge >= 0.3 is 11.9 Å². The summed E-state index contributed by atoms with van der Waals surface area (Å²) < 4.78 is 44.4. The van der Waals surface area contributed by atoms with Gasteiger partial charge in [0, 0.05) is 13.1 Å². The topological polar surface area (TPSA) is 122 Å². The maximum Gasteiger partial charge on any atom is 0.348 e. The number of hydrogen-bond acceptors (Lipinski definition) is 10. The van der Waals surface area contributed by atoms with Gasteiger partial charge in [-0.25, -0.2) is 18.4 Å². The van der Waals surface area contributed by atoms with Crippen LogP contribution in [0.2, 0.25) is 0 Å². The first-order valence-electron chi connectivity index (χ1n) is 11.5. The second-order valence-corrected chi connectivity index (χ2v) is 9.74. The van der Waals surface area contributed by atoms with Gasteiger partial charge in [0.2, 0.25) is 5.91 Å². The molecule has 14 heteroatoms. The van der Waals surface area contributed by atoms with Gasteiger partial charge in [-0.05, 0) is 45.4 Å². The molecule has 204 valence electrons. The molecule has 0 radical (unpaired) electrons. The molecule has 1 aromatic carbocycles. The Labute approximate surface area is 225 Å². The fourth-order valence-electron chi connectivity index (χ4n) is 3.35. The van der Waals surface area contributed by atoms with Crippen LogP contribution in [0.5, 0.6) is 5.75 Å². The number of thioether (sulfide) groups is 1. The van der Waals surface area contributed by atoms with Gasteiger partial charge in [0.25, 0.3) is 0 Å². The first-order valence-corrected chi connectivity index (χ1v) is 13.3. The molecule has 38 heavy (non-hydrogen) atoms. The highest BCUT2D eigenvalue weighted by Gasteiger charge is 2.27. The van der Waals surface area contributed by atoms with Crippen molar-refractivity contribution in [3.05, 3.63) is 51.7 Å². The number of rotatable bonds is 11.